The van der Waals surface area contributed by atoms with E-state index in [1.807, 2.05) is 29.2 Å². The molecule has 3 rings (SSSR count). The number of aryl methyl sites for hydroxylation is 1. The first kappa shape index (κ1) is 11.8. The molecule has 0 bridgehead atoms. The zero-order chi connectivity index (χ0) is 13.2. The Morgan fingerprint density at radius 3 is 3.05 bits per heavy atom. The van der Waals surface area contributed by atoms with Gasteiger partial charge in [-0.1, -0.05) is 12.1 Å². The molecule has 0 aliphatic heterocycles. The number of hydrogen-bond acceptors (Lipinski definition) is 3. The monoisotopic (exact) mass is 255 g/mol. The Bertz CT molecular complexity index is 682. The van der Waals surface area contributed by atoms with Crippen molar-refractivity contribution in [3.8, 4) is 0 Å². The molecule has 5 heteroatoms. The van der Waals surface area contributed by atoms with Crippen LogP contribution in [0.3, 0.4) is 0 Å². The van der Waals surface area contributed by atoms with Crippen molar-refractivity contribution in [3.05, 3.63) is 42.4 Å². The van der Waals surface area contributed by atoms with E-state index in [1.165, 1.54) is 5.56 Å². The number of aromatic amines is 1. The van der Waals surface area contributed by atoms with E-state index in [9.17, 15) is 0 Å². The predicted molar refractivity (Wildman–Crippen MR) is 76.0 cm³/mol. The number of benzene rings is 1. The first-order chi connectivity index (χ1) is 9.28. The first-order valence-electron chi connectivity index (χ1n) is 6.49. The third kappa shape index (κ3) is 2.19. The average Bonchev–Trinajstić information content (AvgIpc) is 3.08. The zero-order valence-corrected chi connectivity index (χ0v) is 11.1. The summed E-state index contributed by atoms with van der Waals surface area (Å²) in [7, 11) is 0. The highest BCUT2D eigenvalue weighted by atomic mass is 15.3. The van der Waals surface area contributed by atoms with Gasteiger partial charge in [0.05, 0.1) is 29.6 Å². The molecule has 2 aromatic heterocycles. The lowest BCUT2D eigenvalue weighted by Crippen LogP contribution is -2.06. The van der Waals surface area contributed by atoms with E-state index in [1.54, 1.807) is 0 Å². The number of nitrogens with one attached hydrogen (secondary N) is 2. The van der Waals surface area contributed by atoms with Gasteiger partial charge in [-0.3, -0.25) is 9.78 Å². The summed E-state index contributed by atoms with van der Waals surface area (Å²) < 4.78 is 1.93. The molecule has 1 unspecified atom stereocenters. The van der Waals surface area contributed by atoms with Crippen LogP contribution in [0, 0.1) is 0 Å². The van der Waals surface area contributed by atoms with E-state index in [0.29, 0.717) is 0 Å². The topological polar surface area (TPSA) is 58.5 Å². The van der Waals surface area contributed by atoms with Gasteiger partial charge in [-0.25, -0.2) is 0 Å². The standard InChI is InChI=1S/C14H17N5/c1-3-19-9-12(8-16-19)10(2)17-13-6-4-5-11-7-15-18-14(11)13/h4-10,17H,3H2,1-2H3,(H,15,18). The Morgan fingerprint density at radius 1 is 1.37 bits per heavy atom. The van der Waals surface area contributed by atoms with Crippen LogP contribution in [0.15, 0.2) is 36.8 Å². The molecule has 5 nitrogen and oxygen atoms in total. The highest BCUT2D eigenvalue weighted by Crippen LogP contribution is 2.25. The average molecular weight is 255 g/mol. The third-order valence-corrected chi connectivity index (χ3v) is 3.33. The molecule has 0 aliphatic carbocycles. The summed E-state index contributed by atoms with van der Waals surface area (Å²) in [6, 6.07) is 6.34. The fourth-order valence-electron chi connectivity index (χ4n) is 2.18. The van der Waals surface area contributed by atoms with Crippen molar-refractivity contribution in [3.63, 3.8) is 0 Å². The maximum absolute atomic E-state index is 4.31. The predicted octanol–water partition coefficient (Wildman–Crippen LogP) is 2.95. The van der Waals surface area contributed by atoms with E-state index in [4.69, 9.17) is 0 Å². The fourth-order valence-corrected chi connectivity index (χ4v) is 2.18. The summed E-state index contributed by atoms with van der Waals surface area (Å²) in [5, 5.41) is 16.0. The molecule has 0 amide bonds. The highest BCUT2D eigenvalue weighted by molar-refractivity contribution is 5.90. The Morgan fingerprint density at radius 2 is 2.26 bits per heavy atom. The second kappa shape index (κ2) is 4.76. The van der Waals surface area contributed by atoms with Gasteiger partial charge in [0.1, 0.15) is 0 Å². The number of anilines is 1. The molecule has 0 aliphatic rings. The number of para-hydroxylation sites is 1. The normalized spacial score (nSPS) is 12.7. The maximum atomic E-state index is 4.31. The quantitative estimate of drug-likeness (QED) is 0.753. The van der Waals surface area contributed by atoms with Gasteiger partial charge in [-0.05, 0) is 19.9 Å². The van der Waals surface area contributed by atoms with Gasteiger partial charge >= 0.3 is 0 Å². The van der Waals surface area contributed by atoms with Gasteiger partial charge in [-0.15, -0.1) is 0 Å². The van der Waals surface area contributed by atoms with Crippen molar-refractivity contribution in [1.29, 1.82) is 0 Å². The molecule has 2 N–H and O–H groups in total. The Balaban J connectivity index is 1.86. The largest absolute Gasteiger partial charge is 0.377 e. The molecule has 0 radical (unpaired) electrons. The van der Waals surface area contributed by atoms with Gasteiger partial charge < -0.3 is 5.32 Å². The van der Waals surface area contributed by atoms with Gasteiger partial charge in [0.15, 0.2) is 0 Å². The smallest absolute Gasteiger partial charge is 0.0881 e. The molecular formula is C14H17N5. The van der Waals surface area contributed by atoms with Crippen molar-refractivity contribution in [2.24, 2.45) is 0 Å². The first-order valence-corrected chi connectivity index (χ1v) is 6.49. The lowest BCUT2D eigenvalue weighted by Gasteiger charge is -2.14. The zero-order valence-electron chi connectivity index (χ0n) is 11.1. The van der Waals surface area contributed by atoms with Gasteiger partial charge in [-0.2, -0.15) is 10.2 Å². The second-order valence-electron chi connectivity index (χ2n) is 4.64. The summed E-state index contributed by atoms with van der Waals surface area (Å²) in [6.07, 6.45) is 5.82. The van der Waals surface area contributed by atoms with Gasteiger partial charge in [0.25, 0.3) is 0 Å². The van der Waals surface area contributed by atoms with E-state index >= 15 is 0 Å². The number of nitrogens with zero attached hydrogens (tertiary/aromatic N) is 3. The van der Waals surface area contributed by atoms with Crippen LogP contribution in [-0.4, -0.2) is 20.0 Å². The highest BCUT2D eigenvalue weighted by Gasteiger charge is 2.10. The minimum absolute atomic E-state index is 0.203. The molecule has 98 valence electrons. The molecule has 0 saturated heterocycles. The summed E-state index contributed by atoms with van der Waals surface area (Å²) in [5.74, 6) is 0. The van der Waals surface area contributed by atoms with Crippen molar-refractivity contribution >= 4 is 16.6 Å². The lowest BCUT2D eigenvalue weighted by molar-refractivity contribution is 0.658. The van der Waals surface area contributed by atoms with Crippen molar-refractivity contribution < 1.29 is 0 Å². The van der Waals surface area contributed by atoms with Crippen molar-refractivity contribution in [2.75, 3.05) is 5.32 Å². The van der Waals surface area contributed by atoms with E-state index in [-0.39, 0.29) is 6.04 Å². The fraction of sp³-hybridized carbons (Fsp3) is 0.286. The summed E-state index contributed by atoms with van der Waals surface area (Å²) >= 11 is 0. The molecule has 1 aromatic carbocycles. The van der Waals surface area contributed by atoms with Crippen LogP contribution in [0.2, 0.25) is 0 Å². The van der Waals surface area contributed by atoms with Crippen molar-refractivity contribution in [2.45, 2.75) is 26.4 Å². The van der Waals surface area contributed by atoms with Crippen LogP contribution in [0.1, 0.15) is 25.5 Å². The van der Waals surface area contributed by atoms with Crippen molar-refractivity contribution in [1.82, 2.24) is 20.0 Å². The van der Waals surface area contributed by atoms with Crippen LogP contribution in [0.25, 0.3) is 10.9 Å². The second-order valence-corrected chi connectivity index (χ2v) is 4.64. The van der Waals surface area contributed by atoms with E-state index < -0.39 is 0 Å². The summed E-state index contributed by atoms with van der Waals surface area (Å²) in [5.41, 5.74) is 3.28. The number of H-pyrrole nitrogens is 1. The molecule has 0 fully saturated rings. The summed E-state index contributed by atoms with van der Waals surface area (Å²) in [4.78, 5) is 0. The number of hydrogen-bond donors (Lipinski definition) is 2. The molecule has 2 heterocycles. The molecular weight excluding hydrogens is 238 g/mol. The Labute approximate surface area is 111 Å². The maximum Gasteiger partial charge on any atom is 0.0881 e. The minimum Gasteiger partial charge on any atom is -0.377 e. The van der Waals surface area contributed by atoms with E-state index in [2.05, 4.69) is 46.7 Å². The van der Waals surface area contributed by atoms with Gasteiger partial charge in [0.2, 0.25) is 0 Å². The number of aromatic nitrogens is 4. The molecule has 19 heavy (non-hydrogen) atoms. The van der Waals surface area contributed by atoms with E-state index in [0.717, 1.165) is 23.1 Å². The Hall–Kier alpha value is -2.30. The van der Waals surface area contributed by atoms with Gasteiger partial charge in [0, 0.05) is 23.7 Å². The molecule has 1 atom stereocenters. The summed E-state index contributed by atoms with van der Waals surface area (Å²) in [6.45, 7) is 5.11. The SMILES string of the molecule is CCn1cc(C(C)Nc2cccc3cn[nH]c23)cn1. The number of fused-ring (bicyclic) bond motifs is 1. The Kier molecular flexibility index (Phi) is 2.95. The van der Waals surface area contributed by atoms with Crippen LogP contribution in [0.4, 0.5) is 5.69 Å². The van der Waals surface area contributed by atoms with Crippen LogP contribution in [0.5, 0.6) is 0 Å². The molecule has 3 aromatic rings. The number of rotatable bonds is 4. The molecule has 0 spiro atoms. The van der Waals surface area contributed by atoms with Crippen LogP contribution < -0.4 is 5.32 Å². The third-order valence-electron chi connectivity index (χ3n) is 3.33. The molecule has 0 saturated carbocycles. The lowest BCUT2D eigenvalue weighted by atomic mass is 10.1. The minimum atomic E-state index is 0.203. The van der Waals surface area contributed by atoms with Crippen LogP contribution in [-0.2, 0) is 6.54 Å². The van der Waals surface area contributed by atoms with Crippen LogP contribution >= 0.6 is 0 Å².